The van der Waals surface area contributed by atoms with Crippen molar-refractivity contribution in [2.24, 2.45) is 0 Å². The van der Waals surface area contributed by atoms with Crippen molar-refractivity contribution in [3.8, 4) is 0 Å². The maximum atomic E-state index is 9.89. The molecule has 84 valence electrons. The molecule has 2 atom stereocenters. The number of fused-ring (bicyclic) bond motifs is 1. The van der Waals surface area contributed by atoms with Crippen LogP contribution in [-0.4, -0.2) is 25.7 Å². The van der Waals surface area contributed by atoms with Crippen LogP contribution in [0.1, 0.15) is 25.3 Å². The largest absolute Gasteiger partial charge is 0.391 e. The monoisotopic (exact) mass is 237 g/mol. The van der Waals surface area contributed by atoms with Gasteiger partial charge in [0.1, 0.15) is 5.65 Å². The molecule has 0 bridgehead atoms. The highest BCUT2D eigenvalue weighted by molar-refractivity contribution is 6.28. The van der Waals surface area contributed by atoms with E-state index in [1.165, 1.54) is 0 Å². The van der Waals surface area contributed by atoms with Crippen molar-refractivity contribution in [3.05, 3.63) is 23.7 Å². The topological polar surface area (TPSA) is 50.9 Å². The number of hydrogen-bond acceptors (Lipinski definition) is 3. The molecule has 1 N–H and O–H groups in total. The summed E-state index contributed by atoms with van der Waals surface area (Å²) in [5, 5.41) is 11.1. The number of hydrogen-bond donors (Lipinski definition) is 1. The number of nitrogens with zero attached hydrogens (tertiary/aromatic N) is 3. The number of rotatable bonds is 1. The highest BCUT2D eigenvalue weighted by Gasteiger charge is 2.27. The Morgan fingerprint density at radius 3 is 3.06 bits per heavy atom. The summed E-state index contributed by atoms with van der Waals surface area (Å²) in [7, 11) is 0. The molecule has 16 heavy (non-hydrogen) atoms. The van der Waals surface area contributed by atoms with E-state index in [0.29, 0.717) is 0 Å². The third kappa shape index (κ3) is 1.49. The molecule has 0 aliphatic heterocycles. The average molecular weight is 238 g/mol. The zero-order valence-corrected chi connectivity index (χ0v) is 9.43. The predicted octanol–water partition coefficient (Wildman–Crippen LogP) is 2.17. The quantitative estimate of drug-likeness (QED) is 0.774. The van der Waals surface area contributed by atoms with Gasteiger partial charge in [-0.25, -0.2) is 4.98 Å². The standard InChI is InChI=1S/C11H12ClN3O/c12-11-13-6-7-4-5-15(10(7)14-11)8-2-1-3-9(8)16/h4-6,8-9,16H,1-3H2/t8?,9-/m1/s1. The average Bonchev–Trinajstić information content (AvgIpc) is 2.83. The van der Waals surface area contributed by atoms with E-state index in [1.54, 1.807) is 6.20 Å². The van der Waals surface area contributed by atoms with E-state index in [0.717, 1.165) is 30.3 Å². The molecule has 5 heteroatoms. The summed E-state index contributed by atoms with van der Waals surface area (Å²) in [4.78, 5) is 8.17. The van der Waals surface area contributed by atoms with Crippen LogP contribution in [0.4, 0.5) is 0 Å². The Hall–Kier alpha value is -1.13. The molecule has 0 spiro atoms. The van der Waals surface area contributed by atoms with Gasteiger partial charge in [-0.2, -0.15) is 4.98 Å². The smallest absolute Gasteiger partial charge is 0.224 e. The van der Waals surface area contributed by atoms with E-state index in [2.05, 4.69) is 9.97 Å². The lowest BCUT2D eigenvalue weighted by molar-refractivity contribution is 0.138. The van der Waals surface area contributed by atoms with E-state index in [1.807, 2.05) is 16.8 Å². The third-order valence-corrected chi connectivity index (χ3v) is 3.41. The summed E-state index contributed by atoms with van der Waals surface area (Å²) in [6.07, 6.45) is 6.31. The predicted molar refractivity (Wildman–Crippen MR) is 61.4 cm³/mol. The molecule has 2 aromatic heterocycles. The normalized spacial score (nSPS) is 25.4. The van der Waals surface area contributed by atoms with Crippen molar-refractivity contribution >= 4 is 22.6 Å². The van der Waals surface area contributed by atoms with Gasteiger partial charge in [-0.15, -0.1) is 0 Å². The van der Waals surface area contributed by atoms with Crippen LogP contribution < -0.4 is 0 Å². The zero-order valence-electron chi connectivity index (χ0n) is 8.67. The number of aliphatic hydroxyl groups is 1. The van der Waals surface area contributed by atoms with Crippen molar-refractivity contribution in [3.63, 3.8) is 0 Å². The summed E-state index contributed by atoms with van der Waals surface area (Å²) < 4.78 is 2.01. The Labute approximate surface area is 97.9 Å². The second-order valence-electron chi connectivity index (χ2n) is 4.21. The van der Waals surface area contributed by atoms with E-state index in [9.17, 15) is 5.11 Å². The molecule has 1 aliphatic carbocycles. The van der Waals surface area contributed by atoms with E-state index >= 15 is 0 Å². The second-order valence-corrected chi connectivity index (χ2v) is 4.54. The maximum absolute atomic E-state index is 9.89. The summed E-state index contributed by atoms with van der Waals surface area (Å²) >= 11 is 5.79. The molecule has 0 radical (unpaired) electrons. The minimum Gasteiger partial charge on any atom is -0.391 e. The van der Waals surface area contributed by atoms with E-state index < -0.39 is 0 Å². The molecule has 2 heterocycles. The summed E-state index contributed by atoms with van der Waals surface area (Å²) in [6, 6.07) is 2.08. The van der Waals surface area contributed by atoms with Gasteiger partial charge in [-0.1, -0.05) is 0 Å². The van der Waals surface area contributed by atoms with Crippen molar-refractivity contribution in [2.45, 2.75) is 31.4 Å². The van der Waals surface area contributed by atoms with Gasteiger partial charge < -0.3 is 9.67 Å². The van der Waals surface area contributed by atoms with E-state index in [4.69, 9.17) is 11.6 Å². The molecule has 1 unspecified atom stereocenters. The van der Waals surface area contributed by atoms with Gasteiger partial charge in [0, 0.05) is 17.8 Å². The molecule has 3 rings (SSSR count). The fourth-order valence-electron chi connectivity index (χ4n) is 2.43. The van der Waals surface area contributed by atoms with Crippen LogP contribution in [0.5, 0.6) is 0 Å². The minimum atomic E-state index is -0.274. The van der Waals surface area contributed by atoms with Crippen LogP contribution in [0.15, 0.2) is 18.5 Å². The van der Waals surface area contributed by atoms with Gasteiger partial charge in [0.05, 0.1) is 12.1 Å². The minimum absolute atomic E-state index is 0.128. The van der Waals surface area contributed by atoms with Gasteiger partial charge in [-0.05, 0) is 36.9 Å². The molecule has 4 nitrogen and oxygen atoms in total. The Balaban J connectivity index is 2.12. The summed E-state index contributed by atoms with van der Waals surface area (Å²) in [6.45, 7) is 0. The lowest BCUT2D eigenvalue weighted by atomic mass is 10.2. The van der Waals surface area contributed by atoms with E-state index in [-0.39, 0.29) is 17.4 Å². The lowest BCUT2D eigenvalue weighted by Gasteiger charge is -2.17. The van der Waals surface area contributed by atoms with Gasteiger partial charge >= 0.3 is 0 Å². The summed E-state index contributed by atoms with van der Waals surface area (Å²) in [5.74, 6) is 0. The van der Waals surface area contributed by atoms with Gasteiger partial charge in [0.25, 0.3) is 0 Å². The molecule has 1 aliphatic rings. The molecule has 2 aromatic rings. The van der Waals surface area contributed by atoms with Gasteiger partial charge in [-0.3, -0.25) is 0 Å². The maximum Gasteiger partial charge on any atom is 0.224 e. The number of halogens is 1. The Morgan fingerprint density at radius 2 is 2.31 bits per heavy atom. The first kappa shape index (κ1) is 10.1. The fraction of sp³-hybridized carbons (Fsp3) is 0.455. The first-order chi connectivity index (χ1) is 7.75. The lowest BCUT2D eigenvalue weighted by Crippen LogP contribution is -2.17. The molecule has 1 saturated carbocycles. The molecule has 0 amide bonds. The number of aliphatic hydroxyl groups excluding tert-OH is 1. The van der Waals surface area contributed by atoms with Crippen LogP contribution in [0.25, 0.3) is 11.0 Å². The molecule has 1 fully saturated rings. The van der Waals surface area contributed by atoms with Crippen LogP contribution in [0, 0.1) is 0 Å². The SMILES string of the molecule is O[C@@H]1CCCC1n1ccc2cnc(Cl)nc21. The van der Waals surface area contributed by atoms with Crippen molar-refractivity contribution < 1.29 is 5.11 Å². The number of aromatic nitrogens is 3. The zero-order chi connectivity index (χ0) is 11.1. The van der Waals surface area contributed by atoms with Crippen molar-refractivity contribution in [1.29, 1.82) is 0 Å². The molecule has 0 aromatic carbocycles. The fourth-order valence-corrected chi connectivity index (χ4v) is 2.56. The van der Waals surface area contributed by atoms with Crippen LogP contribution in [0.2, 0.25) is 5.28 Å². The van der Waals surface area contributed by atoms with Crippen LogP contribution in [-0.2, 0) is 0 Å². The Morgan fingerprint density at radius 1 is 1.44 bits per heavy atom. The highest BCUT2D eigenvalue weighted by atomic mass is 35.5. The van der Waals surface area contributed by atoms with Gasteiger partial charge in [0.15, 0.2) is 0 Å². The molecular weight excluding hydrogens is 226 g/mol. The highest BCUT2D eigenvalue weighted by Crippen LogP contribution is 2.32. The Bertz CT molecular complexity index is 525. The first-order valence-corrected chi connectivity index (χ1v) is 5.80. The van der Waals surface area contributed by atoms with Crippen LogP contribution >= 0.6 is 11.6 Å². The van der Waals surface area contributed by atoms with Crippen molar-refractivity contribution in [2.75, 3.05) is 0 Å². The summed E-state index contributed by atoms with van der Waals surface area (Å²) in [5.41, 5.74) is 0.811. The third-order valence-electron chi connectivity index (χ3n) is 3.23. The second kappa shape index (κ2) is 3.71. The molecule has 0 saturated heterocycles. The van der Waals surface area contributed by atoms with Crippen LogP contribution in [0.3, 0.4) is 0 Å². The van der Waals surface area contributed by atoms with Crippen molar-refractivity contribution in [1.82, 2.24) is 14.5 Å². The Kier molecular flexibility index (Phi) is 2.33. The molecular formula is C11H12ClN3O. The van der Waals surface area contributed by atoms with Gasteiger partial charge in [0.2, 0.25) is 5.28 Å². The first-order valence-electron chi connectivity index (χ1n) is 5.43.